The number of nitrogen functional groups attached to an aromatic ring is 1. The molecule has 4 heteroatoms. The highest BCUT2D eigenvalue weighted by atomic mass is 16.5. The molecule has 16 heavy (non-hydrogen) atoms. The molecule has 1 saturated carbocycles. The first-order chi connectivity index (χ1) is 7.74. The molecule has 0 saturated heterocycles. The first-order valence-electron chi connectivity index (χ1n) is 5.43. The van der Waals surface area contributed by atoms with Crippen LogP contribution in [0.4, 0.5) is 5.69 Å². The summed E-state index contributed by atoms with van der Waals surface area (Å²) < 4.78 is 5.24. The van der Waals surface area contributed by atoms with Crippen molar-refractivity contribution >= 4 is 5.69 Å². The molecule has 0 bridgehead atoms. The molecule has 0 amide bonds. The van der Waals surface area contributed by atoms with Crippen molar-refractivity contribution in [3.8, 4) is 11.5 Å². The van der Waals surface area contributed by atoms with E-state index in [-0.39, 0.29) is 0 Å². The van der Waals surface area contributed by atoms with Gasteiger partial charge in [-0.05, 0) is 30.5 Å². The largest absolute Gasteiger partial charge is 0.399 e. The predicted octanol–water partition coefficient (Wildman–Crippen LogP) is 2.44. The van der Waals surface area contributed by atoms with E-state index in [1.807, 2.05) is 24.3 Å². The number of anilines is 1. The highest BCUT2D eigenvalue weighted by Crippen LogP contribution is 2.45. The van der Waals surface area contributed by atoms with E-state index < -0.39 is 0 Å². The SMILES string of the molecule is CC1CC1c1noc(-c2cccc(N)c2)n1. The normalized spacial score (nSPS) is 23.3. The van der Waals surface area contributed by atoms with E-state index in [1.165, 1.54) is 0 Å². The highest BCUT2D eigenvalue weighted by Gasteiger charge is 2.38. The lowest BCUT2D eigenvalue weighted by atomic mass is 10.2. The van der Waals surface area contributed by atoms with Crippen LogP contribution in [0.5, 0.6) is 0 Å². The second-order valence-electron chi connectivity index (χ2n) is 4.40. The maximum atomic E-state index is 5.71. The monoisotopic (exact) mass is 215 g/mol. The third-order valence-electron chi connectivity index (χ3n) is 3.02. The van der Waals surface area contributed by atoms with E-state index in [2.05, 4.69) is 17.1 Å². The number of aromatic nitrogens is 2. The zero-order chi connectivity index (χ0) is 11.1. The molecule has 1 aliphatic rings. The Morgan fingerprint density at radius 2 is 2.25 bits per heavy atom. The summed E-state index contributed by atoms with van der Waals surface area (Å²) >= 11 is 0. The van der Waals surface area contributed by atoms with Gasteiger partial charge >= 0.3 is 0 Å². The molecule has 2 unspecified atom stereocenters. The summed E-state index contributed by atoms with van der Waals surface area (Å²) in [5.74, 6) is 2.55. The van der Waals surface area contributed by atoms with Gasteiger partial charge in [0, 0.05) is 17.2 Å². The molecule has 2 atom stereocenters. The van der Waals surface area contributed by atoms with Gasteiger partial charge in [-0.25, -0.2) is 0 Å². The van der Waals surface area contributed by atoms with E-state index >= 15 is 0 Å². The molecule has 2 N–H and O–H groups in total. The molecule has 1 aromatic heterocycles. The molecule has 82 valence electrons. The van der Waals surface area contributed by atoms with Gasteiger partial charge in [0.15, 0.2) is 5.82 Å². The van der Waals surface area contributed by atoms with Crippen molar-refractivity contribution in [2.75, 3.05) is 5.73 Å². The minimum absolute atomic E-state index is 0.485. The Labute approximate surface area is 93.5 Å². The van der Waals surface area contributed by atoms with E-state index in [0.29, 0.717) is 23.4 Å². The van der Waals surface area contributed by atoms with Crippen molar-refractivity contribution in [1.29, 1.82) is 0 Å². The second kappa shape index (κ2) is 3.33. The average Bonchev–Trinajstić information content (AvgIpc) is 2.81. The van der Waals surface area contributed by atoms with Gasteiger partial charge in [-0.15, -0.1) is 0 Å². The van der Waals surface area contributed by atoms with Gasteiger partial charge < -0.3 is 10.3 Å². The lowest BCUT2D eigenvalue weighted by Crippen LogP contribution is -1.86. The maximum Gasteiger partial charge on any atom is 0.258 e. The topological polar surface area (TPSA) is 64.9 Å². The van der Waals surface area contributed by atoms with E-state index in [0.717, 1.165) is 17.8 Å². The van der Waals surface area contributed by atoms with Crippen molar-refractivity contribution in [2.24, 2.45) is 5.92 Å². The minimum atomic E-state index is 0.485. The number of nitrogens with two attached hydrogens (primary N) is 1. The van der Waals surface area contributed by atoms with Crippen LogP contribution in [-0.2, 0) is 0 Å². The van der Waals surface area contributed by atoms with Crippen molar-refractivity contribution < 1.29 is 4.52 Å². The molecule has 2 aromatic rings. The van der Waals surface area contributed by atoms with Gasteiger partial charge in [-0.1, -0.05) is 18.1 Å². The van der Waals surface area contributed by atoms with E-state index in [1.54, 1.807) is 0 Å². The zero-order valence-corrected chi connectivity index (χ0v) is 9.05. The Kier molecular flexibility index (Phi) is 1.96. The zero-order valence-electron chi connectivity index (χ0n) is 9.05. The Bertz CT molecular complexity index is 520. The first-order valence-corrected chi connectivity index (χ1v) is 5.43. The molecule has 1 aromatic carbocycles. The number of rotatable bonds is 2. The summed E-state index contributed by atoms with van der Waals surface area (Å²) in [4.78, 5) is 4.40. The van der Waals surface area contributed by atoms with Crippen molar-refractivity contribution in [2.45, 2.75) is 19.3 Å². The van der Waals surface area contributed by atoms with Crippen molar-refractivity contribution in [3.63, 3.8) is 0 Å². The molecule has 1 aliphatic carbocycles. The van der Waals surface area contributed by atoms with Crippen LogP contribution in [0.15, 0.2) is 28.8 Å². The van der Waals surface area contributed by atoms with Crippen LogP contribution in [0.1, 0.15) is 25.1 Å². The van der Waals surface area contributed by atoms with E-state index in [9.17, 15) is 0 Å². The number of benzene rings is 1. The van der Waals surface area contributed by atoms with E-state index in [4.69, 9.17) is 10.3 Å². The van der Waals surface area contributed by atoms with Crippen LogP contribution in [0.25, 0.3) is 11.5 Å². The summed E-state index contributed by atoms with van der Waals surface area (Å²) in [5.41, 5.74) is 7.29. The van der Waals surface area contributed by atoms with Gasteiger partial charge in [-0.2, -0.15) is 4.98 Å². The van der Waals surface area contributed by atoms with Crippen LogP contribution >= 0.6 is 0 Å². The molecular formula is C12H13N3O. The molecule has 1 heterocycles. The summed E-state index contributed by atoms with van der Waals surface area (Å²) in [6.07, 6.45) is 1.16. The Morgan fingerprint density at radius 1 is 1.44 bits per heavy atom. The van der Waals surface area contributed by atoms with Crippen molar-refractivity contribution in [3.05, 3.63) is 30.1 Å². The van der Waals surface area contributed by atoms with Crippen LogP contribution in [0, 0.1) is 5.92 Å². The Hall–Kier alpha value is -1.84. The number of hydrogen-bond acceptors (Lipinski definition) is 4. The van der Waals surface area contributed by atoms with Crippen LogP contribution in [0.3, 0.4) is 0 Å². The summed E-state index contributed by atoms with van der Waals surface area (Å²) in [5, 5.41) is 4.01. The van der Waals surface area contributed by atoms with Gasteiger partial charge in [0.2, 0.25) is 0 Å². The van der Waals surface area contributed by atoms with Gasteiger partial charge in [0.05, 0.1) is 0 Å². The quantitative estimate of drug-likeness (QED) is 0.781. The smallest absolute Gasteiger partial charge is 0.258 e. The fraction of sp³-hybridized carbons (Fsp3) is 0.333. The van der Waals surface area contributed by atoms with Gasteiger partial charge in [0.25, 0.3) is 5.89 Å². The molecular weight excluding hydrogens is 202 g/mol. The van der Waals surface area contributed by atoms with Gasteiger partial charge in [-0.3, -0.25) is 0 Å². The first kappa shape index (κ1) is 9.39. The third kappa shape index (κ3) is 1.56. The average molecular weight is 215 g/mol. The van der Waals surface area contributed by atoms with Crippen LogP contribution < -0.4 is 5.73 Å². The second-order valence-corrected chi connectivity index (χ2v) is 4.40. The Balaban J connectivity index is 1.92. The summed E-state index contributed by atoms with van der Waals surface area (Å²) in [7, 11) is 0. The van der Waals surface area contributed by atoms with Crippen LogP contribution in [-0.4, -0.2) is 10.1 Å². The third-order valence-corrected chi connectivity index (χ3v) is 3.02. The lowest BCUT2D eigenvalue weighted by Gasteiger charge is -1.95. The summed E-state index contributed by atoms with van der Waals surface area (Å²) in [6.45, 7) is 2.20. The maximum absolute atomic E-state index is 5.71. The Morgan fingerprint density at radius 3 is 2.94 bits per heavy atom. The minimum Gasteiger partial charge on any atom is -0.399 e. The van der Waals surface area contributed by atoms with Crippen LogP contribution in [0.2, 0.25) is 0 Å². The predicted molar refractivity (Wildman–Crippen MR) is 60.7 cm³/mol. The molecule has 1 fully saturated rings. The summed E-state index contributed by atoms with van der Waals surface area (Å²) in [6, 6.07) is 7.48. The highest BCUT2D eigenvalue weighted by molar-refractivity contribution is 5.59. The molecule has 3 rings (SSSR count). The number of hydrogen-bond donors (Lipinski definition) is 1. The standard InChI is InChI=1S/C12H13N3O/c1-7-5-10(7)11-14-12(16-15-11)8-3-2-4-9(13)6-8/h2-4,6-7,10H,5,13H2,1H3. The molecule has 4 nitrogen and oxygen atoms in total. The fourth-order valence-electron chi connectivity index (χ4n) is 1.86. The molecule has 0 spiro atoms. The molecule has 0 radical (unpaired) electrons. The molecule has 0 aliphatic heterocycles. The van der Waals surface area contributed by atoms with Gasteiger partial charge in [0.1, 0.15) is 0 Å². The lowest BCUT2D eigenvalue weighted by molar-refractivity contribution is 0.422. The number of nitrogens with zero attached hydrogens (tertiary/aromatic N) is 2. The fourth-order valence-corrected chi connectivity index (χ4v) is 1.86. The van der Waals surface area contributed by atoms with Crippen molar-refractivity contribution in [1.82, 2.24) is 10.1 Å².